The van der Waals surface area contributed by atoms with Gasteiger partial charge < -0.3 is 14.4 Å². The lowest BCUT2D eigenvalue weighted by Gasteiger charge is -2.23. The molecule has 1 atom stereocenters. The number of esters is 1. The van der Waals surface area contributed by atoms with E-state index in [0.717, 1.165) is 16.6 Å². The number of ether oxygens (including phenoxy) is 1. The first-order valence-corrected chi connectivity index (χ1v) is 9.74. The van der Waals surface area contributed by atoms with E-state index >= 15 is 0 Å². The van der Waals surface area contributed by atoms with Crippen molar-refractivity contribution in [3.63, 3.8) is 0 Å². The SMILES string of the molecule is [C-]#[N+]c1ccc(CC(=O)[C@@](C)(O)Cn2cc(C(=O)OCC)c3ccccc32)cc1C. The number of Topliss-reactive ketones (excluding diaryl/α,β-unsaturated/α-hetero) is 1. The molecule has 30 heavy (non-hydrogen) atoms. The zero-order valence-electron chi connectivity index (χ0n) is 17.3. The quantitative estimate of drug-likeness (QED) is 0.472. The van der Waals surface area contributed by atoms with Gasteiger partial charge >= 0.3 is 5.97 Å². The van der Waals surface area contributed by atoms with Gasteiger partial charge in [-0.3, -0.25) is 4.79 Å². The summed E-state index contributed by atoms with van der Waals surface area (Å²) in [5.41, 5.74) is 1.59. The second-order valence-corrected chi connectivity index (χ2v) is 7.51. The Hall–Kier alpha value is -3.43. The fourth-order valence-electron chi connectivity index (χ4n) is 3.50. The summed E-state index contributed by atoms with van der Waals surface area (Å²) in [7, 11) is 0. The summed E-state index contributed by atoms with van der Waals surface area (Å²) in [4.78, 5) is 28.6. The predicted octanol–water partition coefficient (Wildman–Crippen LogP) is 4.24. The lowest BCUT2D eigenvalue weighted by atomic mass is 9.94. The molecule has 0 aliphatic rings. The Labute approximate surface area is 175 Å². The third-order valence-electron chi connectivity index (χ3n) is 5.11. The van der Waals surface area contributed by atoms with Crippen LogP contribution in [0.5, 0.6) is 0 Å². The molecule has 3 rings (SSSR count). The molecule has 0 saturated carbocycles. The molecule has 154 valence electrons. The number of ketones is 1. The average Bonchev–Trinajstić information content (AvgIpc) is 3.06. The van der Waals surface area contributed by atoms with Gasteiger partial charge in [0.1, 0.15) is 5.60 Å². The van der Waals surface area contributed by atoms with Gasteiger partial charge in [-0.25, -0.2) is 9.64 Å². The summed E-state index contributed by atoms with van der Waals surface area (Å²) in [6.45, 7) is 12.4. The normalized spacial score (nSPS) is 12.9. The molecular formula is C24H24N2O4. The van der Waals surface area contributed by atoms with E-state index in [0.29, 0.717) is 16.6 Å². The lowest BCUT2D eigenvalue weighted by molar-refractivity contribution is -0.136. The number of aryl methyl sites for hydroxylation is 1. The zero-order valence-corrected chi connectivity index (χ0v) is 17.3. The van der Waals surface area contributed by atoms with E-state index in [4.69, 9.17) is 11.3 Å². The van der Waals surface area contributed by atoms with Gasteiger partial charge in [-0.1, -0.05) is 36.4 Å². The van der Waals surface area contributed by atoms with Gasteiger partial charge in [0.25, 0.3) is 0 Å². The van der Waals surface area contributed by atoms with Crippen molar-refractivity contribution in [3.8, 4) is 0 Å². The number of hydrogen-bond acceptors (Lipinski definition) is 4. The topological polar surface area (TPSA) is 72.9 Å². The minimum absolute atomic E-state index is 0.00483. The number of fused-ring (bicyclic) bond motifs is 1. The van der Waals surface area contributed by atoms with Crippen LogP contribution in [-0.4, -0.2) is 33.6 Å². The van der Waals surface area contributed by atoms with E-state index in [1.165, 1.54) is 6.92 Å². The Bertz CT molecular complexity index is 1150. The van der Waals surface area contributed by atoms with Gasteiger partial charge in [-0.15, -0.1) is 0 Å². The first-order valence-electron chi connectivity index (χ1n) is 9.74. The first-order chi connectivity index (χ1) is 14.3. The predicted molar refractivity (Wildman–Crippen MR) is 115 cm³/mol. The highest BCUT2D eigenvalue weighted by molar-refractivity contribution is 6.04. The highest BCUT2D eigenvalue weighted by Gasteiger charge is 2.31. The molecule has 2 aromatic carbocycles. The Kier molecular flexibility index (Phi) is 6.04. The van der Waals surface area contributed by atoms with E-state index in [-0.39, 0.29) is 25.4 Å². The van der Waals surface area contributed by atoms with Crippen molar-refractivity contribution in [2.45, 2.75) is 39.3 Å². The summed E-state index contributed by atoms with van der Waals surface area (Å²) in [5, 5.41) is 11.7. The molecule has 0 aliphatic heterocycles. The molecule has 0 unspecified atom stereocenters. The Balaban J connectivity index is 1.86. The molecule has 0 spiro atoms. The summed E-state index contributed by atoms with van der Waals surface area (Å²) in [5.74, 6) is -0.776. The molecule has 0 saturated heterocycles. The maximum Gasteiger partial charge on any atom is 0.340 e. The lowest BCUT2D eigenvalue weighted by Crippen LogP contribution is -2.40. The Morgan fingerprint density at radius 2 is 1.97 bits per heavy atom. The van der Waals surface area contributed by atoms with Gasteiger partial charge in [0.15, 0.2) is 11.5 Å². The number of carbonyl (C=O) groups excluding carboxylic acids is 2. The van der Waals surface area contributed by atoms with Gasteiger partial charge in [0.2, 0.25) is 0 Å². The van der Waals surface area contributed by atoms with Crippen molar-refractivity contribution in [1.82, 2.24) is 4.57 Å². The Morgan fingerprint density at radius 1 is 1.23 bits per heavy atom. The smallest absolute Gasteiger partial charge is 0.340 e. The highest BCUT2D eigenvalue weighted by atomic mass is 16.5. The Morgan fingerprint density at radius 3 is 2.63 bits per heavy atom. The van der Waals surface area contributed by atoms with Crippen LogP contribution in [0.1, 0.15) is 35.3 Å². The van der Waals surface area contributed by atoms with E-state index in [1.54, 1.807) is 35.9 Å². The van der Waals surface area contributed by atoms with Crippen LogP contribution >= 0.6 is 0 Å². The summed E-state index contributed by atoms with van der Waals surface area (Å²) < 4.78 is 6.85. The van der Waals surface area contributed by atoms with E-state index in [1.807, 2.05) is 31.2 Å². The van der Waals surface area contributed by atoms with Crippen LogP contribution in [0, 0.1) is 13.5 Å². The molecule has 6 heteroatoms. The van der Waals surface area contributed by atoms with Crippen LogP contribution in [0.25, 0.3) is 15.7 Å². The van der Waals surface area contributed by atoms with E-state index in [2.05, 4.69) is 4.85 Å². The van der Waals surface area contributed by atoms with Crippen LogP contribution in [-0.2, 0) is 22.5 Å². The third-order valence-corrected chi connectivity index (χ3v) is 5.11. The van der Waals surface area contributed by atoms with Crippen LogP contribution < -0.4 is 0 Å². The minimum Gasteiger partial charge on any atom is -0.462 e. The molecule has 0 radical (unpaired) electrons. The molecule has 0 fully saturated rings. The van der Waals surface area contributed by atoms with Gasteiger partial charge in [0.05, 0.1) is 25.3 Å². The number of nitrogens with zero attached hydrogens (tertiary/aromatic N) is 2. The number of aliphatic hydroxyl groups is 1. The monoisotopic (exact) mass is 404 g/mol. The first kappa shape index (κ1) is 21.3. The summed E-state index contributed by atoms with van der Waals surface area (Å²) >= 11 is 0. The molecule has 1 heterocycles. The summed E-state index contributed by atoms with van der Waals surface area (Å²) in [6.07, 6.45) is 1.68. The van der Waals surface area contributed by atoms with Crippen molar-refractivity contribution in [2.75, 3.05) is 6.61 Å². The maximum atomic E-state index is 12.9. The second kappa shape index (κ2) is 8.52. The fraction of sp³-hybridized carbons (Fsp3) is 0.292. The van der Waals surface area contributed by atoms with Crippen molar-refractivity contribution >= 4 is 28.3 Å². The van der Waals surface area contributed by atoms with E-state index in [9.17, 15) is 14.7 Å². The van der Waals surface area contributed by atoms with Crippen molar-refractivity contribution in [1.29, 1.82) is 0 Å². The second-order valence-electron chi connectivity index (χ2n) is 7.51. The minimum atomic E-state index is -1.64. The van der Waals surface area contributed by atoms with Crippen LogP contribution in [0.15, 0.2) is 48.7 Å². The van der Waals surface area contributed by atoms with E-state index < -0.39 is 11.6 Å². The van der Waals surface area contributed by atoms with Crippen molar-refractivity contribution < 1.29 is 19.4 Å². The van der Waals surface area contributed by atoms with Gasteiger partial charge in [-0.05, 0) is 38.0 Å². The van der Waals surface area contributed by atoms with Crippen molar-refractivity contribution in [3.05, 3.63) is 76.8 Å². The maximum absolute atomic E-state index is 12.9. The van der Waals surface area contributed by atoms with Crippen LogP contribution in [0.2, 0.25) is 0 Å². The number of aromatic nitrogens is 1. The highest BCUT2D eigenvalue weighted by Crippen LogP contribution is 2.25. The molecule has 1 aromatic heterocycles. The molecule has 1 N–H and O–H groups in total. The van der Waals surface area contributed by atoms with Crippen LogP contribution in [0.3, 0.4) is 0 Å². The third kappa shape index (κ3) is 4.27. The molecule has 0 amide bonds. The molecule has 0 bridgehead atoms. The van der Waals surface area contributed by atoms with Gasteiger partial charge in [0, 0.05) is 23.5 Å². The number of para-hydroxylation sites is 1. The van der Waals surface area contributed by atoms with Crippen LogP contribution in [0.4, 0.5) is 5.69 Å². The number of hydrogen-bond donors (Lipinski definition) is 1. The molecule has 0 aliphatic carbocycles. The van der Waals surface area contributed by atoms with Gasteiger partial charge in [-0.2, -0.15) is 0 Å². The molecule has 6 nitrogen and oxygen atoms in total. The fourth-order valence-corrected chi connectivity index (χ4v) is 3.50. The standard InChI is InChI=1S/C24H24N2O4/c1-5-30-23(28)19-14-26(21-9-7-6-8-18(19)21)15-24(3,29)22(27)13-17-10-11-20(25-4)16(2)12-17/h6-12,14,29H,5,13,15H2,1-3H3/t24-/m0/s1. The number of carbonyl (C=O) groups is 2. The summed E-state index contributed by atoms with van der Waals surface area (Å²) in [6, 6.07) is 12.5. The number of rotatable bonds is 7. The zero-order chi connectivity index (χ0) is 21.9. The average molecular weight is 404 g/mol. The molecule has 3 aromatic rings. The molecular weight excluding hydrogens is 380 g/mol. The number of benzene rings is 2. The van der Waals surface area contributed by atoms with Crippen molar-refractivity contribution in [2.24, 2.45) is 0 Å². The largest absolute Gasteiger partial charge is 0.462 e.